The second kappa shape index (κ2) is 3.72. The van der Waals surface area contributed by atoms with Crippen molar-refractivity contribution in [3.63, 3.8) is 0 Å². The molecule has 0 unspecified atom stereocenters. The fourth-order valence-electron chi connectivity index (χ4n) is 4.13. The molecule has 2 aromatic rings. The number of nitrogens with zero attached hydrogens (tertiary/aromatic N) is 2. The number of benzene rings is 2. The summed E-state index contributed by atoms with van der Waals surface area (Å²) >= 11 is 0. The Morgan fingerprint density at radius 1 is 0.900 bits per heavy atom. The van der Waals surface area contributed by atoms with Crippen molar-refractivity contribution in [3.8, 4) is 0 Å². The average Bonchev–Trinajstić information content (AvgIpc) is 3.01. The van der Waals surface area contributed by atoms with Crippen molar-refractivity contribution in [3.05, 3.63) is 65.2 Å². The first-order chi connectivity index (χ1) is 9.90. The number of hydrogen-bond acceptors (Lipinski definition) is 2. The molecule has 20 heavy (non-hydrogen) atoms. The van der Waals surface area contributed by atoms with Gasteiger partial charge in [0.1, 0.15) is 5.84 Å². The highest BCUT2D eigenvalue weighted by Gasteiger charge is 2.45. The van der Waals surface area contributed by atoms with Crippen molar-refractivity contribution in [2.24, 2.45) is 4.99 Å². The summed E-state index contributed by atoms with van der Waals surface area (Å²) in [4.78, 5) is 7.45. The van der Waals surface area contributed by atoms with E-state index in [2.05, 4.69) is 53.4 Å². The van der Waals surface area contributed by atoms with Gasteiger partial charge in [-0.15, -0.1) is 0 Å². The Morgan fingerprint density at radius 3 is 2.65 bits per heavy atom. The molecule has 2 atom stereocenters. The van der Waals surface area contributed by atoms with Gasteiger partial charge in [-0.2, -0.15) is 0 Å². The van der Waals surface area contributed by atoms with Gasteiger partial charge in [0.05, 0.1) is 5.69 Å². The Hall–Kier alpha value is -2.09. The summed E-state index contributed by atoms with van der Waals surface area (Å²) < 4.78 is 0. The van der Waals surface area contributed by atoms with E-state index in [1.807, 2.05) is 0 Å². The number of fused-ring (bicyclic) bond motifs is 6. The van der Waals surface area contributed by atoms with E-state index < -0.39 is 0 Å². The van der Waals surface area contributed by atoms with Crippen LogP contribution in [0.5, 0.6) is 0 Å². The van der Waals surface area contributed by atoms with Gasteiger partial charge >= 0.3 is 0 Å². The fraction of sp³-hybridized carbons (Fsp3) is 0.278. The summed E-state index contributed by atoms with van der Waals surface area (Å²) in [7, 11) is 0. The predicted octanol–water partition coefficient (Wildman–Crippen LogP) is 3.64. The highest BCUT2D eigenvalue weighted by Crippen LogP contribution is 2.46. The largest absolute Gasteiger partial charge is 0.352 e. The minimum absolute atomic E-state index is 0.625. The molecule has 1 fully saturated rings. The molecular weight excluding hydrogens is 244 g/mol. The van der Waals surface area contributed by atoms with Crippen LogP contribution in [0.2, 0.25) is 0 Å². The SMILES string of the molecule is c1ccc2c(c1)CN1C(=N2)C[C@@H]2c3ccccc3C[C@@H]21. The molecule has 1 aliphatic carbocycles. The Morgan fingerprint density at radius 2 is 1.70 bits per heavy atom. The molecule has 2 heterocycles. The lowest BCUT2D eigenvalue weighted by atomic mass is 9.98. The van der Waals surface area contributed by atoms with Crippen molar-refractivity contribution in [1.82, 2.24) is 4.90 Å². The van der Waals surface area contributed by atoms with Crippen LogP contribution in [-0.2, 0) is 13.0 Å². The Balaban J connectivity index is 1.59. The topological polar surface area (TPSA) is 15.6 Å². The molecule has 5 rings (SSSR count). The first-order valence-electron chi connectivity index (χ1n) is 7.40. The fourth-order valence-corrected chi connectivity index (χ4v) is 4.13. The second-order valence-corrected chi connectivity index (χ2v) is 6.07. The van der Waals surface area contributed by atoms with Crippen molar-refractivity contribution in [1.29, 1.82) is 0 Å². The summed E-state index contributed by atoms with van der Waals surface area (Å²) in [6, 6.07) is 18.1. The quantitative estimate of drug-likeness (QED) is 0.706. The maximum Gasteiger partial charge on any atom is 0.106 e. The first kappa shape index (κ1) is 10.7. The lowest BCUT2D eigenvalue weighted by Crippen LogP contribution is -2.35. The van der Waals surface area contributed by atoms with Crippen molar-refractivity contribution < 1.29 is 0 Å². The van der Waals surface area contributed by atoms with E-state index in [1.54, 1.807) is 11.1 Å². The molecule has 0 N–H and O–H groups in total. The zero-order chi connectivity index (χ0) is 13.1. The standard InChI is InChI=1S/C18H16N2/c1-3-7-14-12(5-1)9-17-15(14)10-18-19-16-8-4-2-6-13(16)11-20(17)18/h1-8,15,17H,9-11H2/t15-,17+/m1/s1. The van der Waals surface area contributed by atoms with E-state index in [4.69, 9.17) is 4.99 Å². The summed E-state index contributed by atoms with van der Waals surface area (Å²) in [6.45, 7) is 1.03. The van der Waals surface area contributed by atoms with Crippen LogP contribution in [0.4, 0.5) is 5.69 Å². The third kappa shape index (κ3) is 1.31. The Kier molecular flexibility index (Phi) is 1.99. The molecule has 0 radical (unpaired) electrons. The van der Waals surface area contributed by atoms with Gasteiger partial charge in [0.25, 0.3) is 0 Å². The molecule has 3 aliphatic rings. The summed E-state index contributed by atoms with van der Waals surface area (Å²) in [5.74, 6) is 1.95. The molecule has 0 spiro atoms. The zero-order valence-electron chi connectivity index (χ0n) is 11.3. The lowest BCUT2D eigenvalue weighted by Gasteiger charge is -2.30. The number of hydrogen-bond donors (Lipinski definition) is 0. The third-order valence-corrected chi connectivity index (χ3v) is 5.06. The van der Waals surface area contributed by atoms with E-state index in [9.17, 15) is 0 Å². The number of rotatable bonds is 0. The molecule has 1 saturated heterocycles. The van der Waals surface area contributed by atoms with Crippen LogP contribution in [0.25, 0.3) is 0 Å². The van der Waals surface area contributed by atoms with Crippen LogP contribution < -0.4 is 0 Å². The molecule has 2 aliphatic heterocycles. The highest BCUT2D eigenvalue weighted by molar-refractivity contribution is 5.90. The van der Waals surface area contributed by atoms with E-state index >= 15 is 0 Å². The van der Waals surface area contributed by atoms with Gasteiger partial charge in [0.15, 0.2) is 0 Å². The van der Waals surface area contributed by atoms with Crippen LogP contribution >= 0.6 is 0 Å². The molecule has 2 heteroatoms. The van der Waals surface area contributed by atoms with E-state index in [0.717, 1.165) is 13.0 Å². The molecule has 2 aromatic carbocycles. The van der Waals surface area contributed by atoms with Gasteiger partial charge in [-0.3, -0.25) is 0 Å². The van der Waals surface area contributed by atoms with Crippen molar-refractivity contribution in [2.75, 3.05) is 0 Å². The van der Waals surface area contributed by atoms with Gasteiger partial charge in [0.2, 0.25) is 0 Å². The van der Waals surface area contributed by atoms with Crippen LogP contribution in [0.1, 0.15) is 29.0 Å². The molecule has 0 amide bonds. The van der Waals surface area contributed by atoms with Gasteiger partial charge in [0, 0.05) is 24.9 Å². The van der Waals surface area contributed by atoms with Gasteiger partial charge < -0.3 is 4.90 Å². The van der Waals surface area contributed by atoms with Gasteiger partial charge in [-0.05, 0) is 29.2 Å². The number of aliphatic imine (C=N–C) groups is 1. The molecule has 2 nitrogen and oxygen atoms in total. The number of amidine groups is 1. The van der Waals surface area contributed by atoms with Crippen molar-refractivity contribution >= 4 is 11.5 Å². The van der Waals surface area contributed by atoms with Crippen LogP contribution in [0, 0.1) is 0 Å². The smallest absolute Gasteiger partial charge is 0.106 e. The summed E-state index contributed by atoms with van der Waals surface area (Å²) in [6.07, 6.45) is 2.29. The number of para-hydroxylation sites is 1. The Bertz CT molecular complexity index is 732. The summed E-state index contributed by atoms with van der Waals surface area (Å²) in [5, 5.41) is 0. The van der Waals surface area contributed by atoms with Crippen molar-refractivity contribution in [2.45, 2.75) is 31.3 Å². The molecule has 0 bridgehead atoms. The van der Waals surface area contributed by atoms with Crippen LogP contribution in [-0.4, -0.2) is 16.8 Å². The zero-order valence-corrected chi connectivity index (χ0v) is 11.3. The highest BCUT2D eigenvalue weighted by atomic mass is 15.3. The van der Waals surface area contributed by atoms with Crippen LogP contribution in [0.15, 0.2) is 53.5 Å². The van der Waals surface area contributed by atoms with E-state index in [1.165, 1.54) is 23.5 Å². The van der Waals surface area contributed by atoms with Crippen LogP contribution in [0.3, 0.4) is 0 Å². The molecular formula is C18H16N2. The molecule has 98 valence electrons. The first-order valence-corrected chi connectivity index (χ1v) is 7.40. The van der Waals surface area contributed by atoms with Gasteiger partial charge in [-0.1, -0.05) is 42.5 Å². The maximum absolute atomic E-state index is 4.91. The lowest BCUT2D eigenvalue weighted by molar-refractivity contribution is 0.318. The predicted molar refractivity (Wildman–Crippen MR) is 80.4 cm³/mol. The molecule has 0 saturated carbocycles. The minimum atomic E-state index is 0.625. The monoisotopic (exact) mass is 260 g/mol. The van der Waals surface area contributed by atoms with E-state index in [0.29, 0.717) is 12.0 Å². The summed E-state index contributed by atoms with van der Waals surface area (Å²) in [5.41, 5.74) is 5.64. The second-order valence-electron chi connectivity index (χ2n) is 6.07. The minimum Gasteiger partial charge on any atom is -0.352 e. The maximum atomic E-state index is 4.91. The molecule has 0 aromatic heterocycles. The van der Waals surface area contributed by atoms with E-state index in [-0.39, 0.29) is 0 Å². The normalized spacial score (nSPS) is 25.6. The van der Waals surface area contributed by atoms with Gasteiger partial charge in [-0.25, -0.2) is 4.99 Å². The average molecular weight is 260 g/mol. The Labute approximate surface area is 118 Å². The third-order valence-electron chi connectivity index (χ3n) is 5.06.